The highest BCUT2D eigenvalue weighted by atomic mass is 16.5. The predicted molar refractivity (Wildman–Crippen MR) is 96.9 cm³/mol. The van der Waals surface area contributed by atoms with Crippen LogP contribution in [0.5, 0.6) is 0 Å². The van der Waals surface area contributed by atoms with Gasteiger partial charge in [0, 0.05) is 24.2 Å². The third-order valence-corrected chi connectivity index (χ3v) is 4.20. The Morgan fingerprint density at radius 3 is 2.20 bits per heavy atom. The number of carbonyl (C=O) groups is 3. The first-order valence-corrected chi connectivity index (χ1v) is 8.85. The Bertz CT molecular complexity index is 646. The number of rotatable bonds is 8. The summed E-state index contributed by atoms with van der Waals surface area (Å²) in [6.45, 7) is 13.6. The number of aromatic amines is 1. The molecule has 1 N–H and O–H groups in total. The number of esters is 1. The second-order valence-electron chi connectivity index (χ2n) is 6.68. The van der Waals surface area contributed by atoms with Crippen LogP contribution < -0.4 is 0 Å². The Kier molecular flexibility index (Phi) is 7.39. The lowest BCUT2D eigenvalue weighted by Crippen LogP contribution is -2.45. The predicted octanol–water partition coefficient (Wildman–Crippen LogP) is 3.27. The number of nitrogens with zero attached hydrogens (tertiary/aromatic N) is 1. The van der Waals surface area contributed by atoms with Crippen LogP contribution in [0.3, 0.4) is 0 Å². The number of H-pyrrole nitrogens is 1. The molecule has 1 aromatic heterocycles. The fourth-order valence-corrected chi connectivity index (χ4v) is 2.95. The molecular formula is C19H30N2O4. The van der Waals surface area contributed by atoms with Crippen LogP contribution in [0.2, 0.25) is 0 Å². The summed E-state index contributed by atoms with van der Waals surface area (Å²) in [5.74, 6) is -0.428. The van der Waals surface area contributed by atoms with Crippen molar-refractivity contribution in [1.82, 2.24) is 9.88 Å². The first-order chi connectivity index (χ1) is 11.6. The first-order valence-electron chi connectivity index (χ1n) is 8.85. The van der Waals surface area contributed by atoms with Crippen LogP contribution in [0, 0.1) is 19.8 Å². The van der Waals surface area contributed by atoms with Crippen LogP contribution in [-0.4, -0.2) is 46.7 Å². The SMILES string of the molecule is CCOC(=O)c1[nH]c(C)c(C(=O)[C@@H](C)N(CC(C)C)C(=O)CC)c1C. The molecule has 0 radical (unpaired) electrons. The number of aryl methyl sites for hydroxylation is 1. The van der Waals surface area contributed by atoms with Crippen LogP contribution in [0.15, 0.2) is 0 Å². The summed E-state index contributed by atoms with van der Waals surface area (Å²) in [5.41, 5.74) is 1.95. The minimum Gasteiger partial charge on any atom is -0.461 e. The Morgan fingerprint density at radius 2 is 1.72 bits per heavy atom. The first kappa shape index (κ1) is 20.9. The van der Waals surface area contributed by atoms with Gasteiger partial charge in [0.05, 0.1) is 12.6 Å². The minimum atomic E-state index is -0.585. The van der Waals surface area contributed by atoms with E-state index in [1.165, 1.54) is 0 Å². The number of nitrogens with one attached hydrogen (secondary N) is 1. The van der Waals surface area contributed by atoms with Gasteiger partial charge in [0.25, 0.3) is 0 Å². The van der Waals surface area contributed by atoms with Crippen molar-refractivity contribution < 1.29 is 19.1 Å². The fraction of sp³-hybridized carbons (Fsp3) is 0.632. The molecule has 0 saturated heterocycles. The summed E-state index contributed by atoms with van der Waals surface area (Å²) in [6.07, 6.45) is 0.351. The molecule has 0 bridgehead atoms. The lowest BCUT2D eigenvalue weighted by Gasteiger charge is -2.30. The molecule has 0 aliphatic carbocycles. The Morgan fingerprint density at radius 1 is 1.12 bits per heavy atom. The zero-order valence-corrected chi connectivity index (χ0v) is 16.4. The smallest absolute Gasteiger partial charge is 0.355 e. The van der Waals surface area contributed by atoms with Crippen LogP contribution in [-0.2, 0) is 9.53 Å². The molecule has 0 aromatic carbocycles. The zero-order valence-electron chi connectivity index (χ0n) is 16.4. The highest BCUT2D eigenvalue weighted by molar-refractivity contribution is 6.06. The molecule has 0 aliphatic rings. The average Bonchev–Trinajstić information content (AvgIpc) is 2.85. The topological polar surface area (TPSA) is 79.5 Å². The molecule has 1 aromatic rings. The average molecular weight is 350 g/mol. The number of hydrogen-bond acceptors (Lipinski definition) is 4. The van der Waals surface area contributed by atoms with Crippen molar-refractivity contribution in [3.8, 4) is 0 Å². The van der Waals surface area contributed by atoms with E-state index in [1.54, 1.807) is 39.5 Å². The Labute approximate surface area is 149 Å². The number of aromatic nitrogens is 1. The molecule has 0 aliphatic heterocycles. The summed E-state index contributed by atoms with van der Waals surface area (Å²) in [7, 11) is 0. The van der Waals surface area contributed by atoms with Crippen molar-refractivity contribution in [3.63, 3.8) is 0 Å². The molecule has 25 heavy (non-hydrogen) atoms. The van der Waals surface area contributed by atoms with Gasteiger partial charge in [0.1, 0.15) is 5.69 Å². The van der Waals surface area contributed by atoms with Gasteiger partial charge in [-0.25, -0.2) is 4.79 Å². The van der Waals surface area contributed by atoms with Crippen LogP contribution in [0.25, 0.3) is 0 Å². The maximum absolute atomic E-state index is 13.1. The van der Waals surface area contributed by atoms with Crippen molar-refractivity contribution in [2.75, 3.05) is 13.2 Å². The van der Waals surface area contributed by atoms with Gasteiger partial charge >= 0.3 is 5.97 Å². The molecule has 0 fully saturated rings. The van der Waals surface area contributed by atoms with E-state index in [0.717, 1.165) is 0 Å². The summed E-state index contributed by atoms with van der Waals surface area (Å²) < 4.78 is 5.03. The highest BCUT2D eigenvalue weighted by Crippen LogP contribution is 2.22. The molecule has 1 heterocycles. The van der Waals surface area contributed by atoms with Crippen molar-refractivity contribution >= 4 is 17.7 Å². The van der Waals surface area contributed by atoms with Gasteiger partial charge in [0.15, 0.2) is 5.78 Å². The van der Waals surface area contributed by atoms with Crippen molar-refractivity contribution in [2.24, 2.45) is 5.92 Å². The number of hydrogen-bond donors (Lipinski definition) is 1. The quantitative estimate of drug-likeness (QED) is 0.576. The summed E-state index contributed by atoms with van der Waals surface area (Å²) >= 11 is 0. The molecule has 0 spiro atoms. The second-order valence-corrected chi connectivity index (χ2v) is 6.68. The fourth-order valence-electron chi connectivity index (χ4n) is 2.95. The van der Waals surface area contributed by atoms with Gasteiger partial charge in [-0.15, -0.1) is 0 Å². The molecule has 140 valence electrons. The maximum Gasteiger partial charge on any atom is 0.355 e. The summed E-state index contributed by atoms with van der Waals surface area (Å²) in [4.78, 5) is 42.0. The number of amides is 1. The Hall–Kier alpha value is -2.11. The molecule has 0 unspecified atom stereocenters. The van der Waals surface area contributed by atoms with E-state index in [1.807, 2.05) is 13.8 Å². The van der Waals surface area contributed by atoms with Gasteiger partial charge in [0.2, 0.25) is 5.91 Å². The third-order valence-electron chi connectivity index (χ3n) is 4.20. The van der Waals surface area contributed by atoms with E-state index in [-0.39, 0.29) is 24.2 Å². The summed E-state index contributed by atoms with van der Waals surface area (Å²) in [6, 6.07) is -0.585. The largest absolute Gasteiger partial charge is 0.461 e. The molecule has 6 heteroatoms. The van der Waals surface area contributed by atoms with E-state index >= 15 is 0 Å². The molecular weight excluding hydrogens is 320 g/mol. The standard InChI is InChI=1S/C19H30N2O4/c1-8-15(22)21(10-11(3)4)14(7)18(23)16-12(5)17(20-13(16)6)19(24)25-9-2/h11,14,20H,8-10H2,1-7H3/t14-/m1/s1. The Balaban J connectivity index is 3.20. The number of carbonyl (C=O) groups excluding carboxylic acids is 3. The van der Waals surface area contributed by atoms with E-state index < -0.39 is 12.0 Å². The van der Waals surface area contributed by atoms with Gasteiger partial charge in [-0.2, -0.15) is 0 Å². The van der Waals surface area contributed by atoms with Crippen molar-refractivity contribution in [1.29, 1.82) is 0 Å². The highest BCUT2D eigenvalue weighted by Gasteiger charge is 2.30. The minimum absolute atomic E-state index is 0.0500. The van der Waals surface area contributed by atoms with Gasteiger partial charge in [-0.1, -0.05) is 20.8 Å². The second kappa shape index (κ2) is 8.83. The molecule has 1 amide bonds. The van der Waals surface area contributed by atoms with Crippen LogP contribution in [0.4, 0.5) is 0 Å². The van der Waals surface area contributed by atoms with E-state index in [4.69, 9.17) is 4.74 Å². The monoisotopic (exact) mass is 350 g/mol. The van der Waals surface area contributed by atoms with Gasteiger partial charge < -0.3 is 14.6 Å². The van der Waals surface area contributed by atoms with Gasteiger partial charge in [-0.05, 0) is 39.2 Å². The maximum atomic E-state index is 13.1. The lowest BCUT2D eigenvalue weighted by molar-refractivity contribution is -0.132. The van der Waals surface area contributed by atoms with Crippen LogP contribution in [0.1, 0.15) is 73.1 Å². The number of ether oxygens (including phenoxy) is 1. The van der Waals surface area contributed by atoms with Gasteiger partial charge in [-0.3, -0.25) is 9.59 Å². The van der Waals surface area contributed by atoms with E-state index in [0.29, 0.717) is 35.5 Å². The van der Waals surface area contributed by atoms with E-state index in [2.05, 4.69) is 4.98 Å². The number of Topliss-reactive ketones (excluding diaryl/α,β-unsaturated/α-hetero) is 1. The number of ketones is 1. The molecule has 1 rings (SSSR count). The molecule has 0 saturated carbocycles. The van der Waals surface area contributed by atoms with Crippen molar-refractivity contribution in [2.45, 2.75) is 60.9 Å². The zero-order chi connectivity index (χ0) is 19.3. The lowest BCUT2D eigenvalue weighted by atomic mass is 9.99. The third kappa shape index (κ3) is 4.71. The molecule has 1 atom stereocenters. The van der Waals surface area contributed by atoms with Crippen LogP contribution >= 0.6 is 0 Å². The normalized spacial score (nSPS) is 12.2. The summed E-state index contributed by atoms with van der Waals surface area (Å²) in [5, 5.41) is 0. The van der Waals surface area contributed by atoms with Crippen molar-refractivity contribution in [3.05, 3.63) is 22.5 Å². The van der Waals surface area contributed by atoms with E-state index in [9.17, 15) is 14.4 Å². The molecule has 6 nitrogen and oxygen atoms in total.